The van der Waals surface area contributed by atoms with Gasteiger partial charge in [0.05, 0.1) is 0 Å². The van der Waals surface area contributed by atoms with E-state index in [4.69, 9.17) is 9.78 Å². The summed E-state index contributed by atoms with van der Waals surface area (Å²) in [5.41, 5.74) is -0.437. The number of Topliss-reactive ketones (excluding diaryl/α,β-unsaturated/α-hetero) is 1. The molecular weight excluding hydrogens is 288 g/mol. The average molecular weight is 322 g/mol. The predicted octanol–water partition coefficient (Wildman–Crippen LogP) is 5.39. The van der Waals surface area contributed by atoms with Crippen molar-refractivity contribution in [1.29, 1.82) is 0 Å². The van der Waals surface area contributed by atoms with Crippen LogP contribution in [0.15, 0.2) is 12.2 Å². The summed E-state index contributed by atoms with van der Waals surface area (Å²) in [4.78, 5) is 23.3. The highest BCUT2D eigenvalue weighted by Gasteiger charge is 2.48. The topological polar surface area (TPSA) is 35.5 Å². The Labute approximate surface area is 141 Å². The van der Waals surface area contributed by atoms with Gasteiger partial charge in [0.15, 0.2) is 0 Å². The Hall–Kier alpha value is -0.670. The van der Waals surface area contributed by atoms with Crippen molar-refractivity contribution in [2.24, 2.45) is 11.8 Å². The van der Waals surface area contributed by atoms with Crippen molar-refractivity contribution in [3.8, 4) is 0 Å². The largest absolute Gasteiger partial charge is 0.299 e. The lowest BCUT2D eigenvalue weighted by Gasteiger charge is -2.45. The van der Waals surface area contributed by atoms with Crippen LogP contribution in [0, 0.1) is 11.8 Å². The van der Waals surface area contributed by atoms with Crippen molar-refractivity contribution >= 4 is 5.78 Å². The molecule has 4 atom stereocenters. The first kappa shape index (κ1) is 18.7. The van der Waals surface area contributed by atoms with Gasteiger partial charge in [-0.15, -0.1) is 0 Å². The van der Waals surface area contributed by atoms with Gasteiger partial charge < -0.3 is 0 Å². The number of carbonyl (C=O) groups is 1. The quantitative estimate of drug-likeness (QED) is 0.324. The fourth-order valence-electron chi connectivity index (χ4n) is 3.70. The molecule has 2 fully saturated rings. The van der Waals surface area contributed by atoms with E-state index in [0.29, 0.717) is 12.2 Å². The molecule has 1 heterocycles. The molecule has 23 heavy (non-hydrogen) atoms. The van der Waals surface area contributed by atoms with E-state index < -0.39 is 5.60 Å². The Kier molecular flexibility index (Phi) is 7.29. The first-order valence-electron chi connectivity index (χ1n) is 9.61. The molecule has 0 aromatic heterocycles. The molecule has 1 saturated heterocycles. The average Bonchev–Trinajstić information content (AvgIpc) is 2.54. The first-order chi connectivity index (χ1) is 11.1. The predicted molar refractivity (Wildman–Crippen MR) is 93.0 cm³/mol. The Morgan fingerprint density at radius 1 is 1.17 bits per heavy atom. The SMILES string of the molecule is CCCCCCCCCC=CC1(C)OOC2CC1CC(=O)C2C. The zero-order valence-corrected chi connectivity index (χ0v) is 15.2. The number of ketones is 1. The van der Waals surface area contributed by atoms with Crippen molar-refractivity contribution in [2.45, 2.75) is 96.7 Å². The van der Waals surface area contributed by atoms with Gasteiger partial charge in [0.1, 0.15) is 17.5 Å². The van der Waals surface area contributed by atoms with Gasteiger partial charge in [0.2, 0.25) is 0 Å². The number of allylic oxidation sites excluding steroid dienone is 1. The normalized spacial score (nSPS) is 34.2. The van der Waals surface area contributed by atoms with Gasteiger partial charge >= 0.3 is 0 Å². The first-order valence-corrected chi connectivity index (χ1v) is 9.61. The zero-order valence-electron chi connectivity index (χ0n) is 15.2. The molecule has 2 rings (SSSR count). The van der Waals surface area contributed by atoms with Crippen molar-refractivity contribution < 1.29 is 14.6 Å². The fourth-order valence-corrected chi connectivity index (χ4v) is 3.70. The summed E-state index contributed by atoms with van der Waals surface area (Å²) >= 11 is 0. The third-order valence-corrected chi connectivity index (χ3v) is 5.61. The van der Waals surface area contributed by atoms with Gasteiger partial charge in [-0.1, -0.05) is 64.5 Å². The minimum absolute atomic E-state index is 0.0208. The van der Waals surface area contributed by atoms with Crippen LogP contribution in [0.4, 0.5) is 0 Å². The molecule has 2 aliphatic rings. The monoisotopic (exact) mass is 322 g/mol. The second-order valence-corrected chi connectivity index (χ2v) is 7.61. The van der Waals surface area contributed by atoms with Gasteiger partial charge in [0.25, 0.3) is 0 Å². The summed E-state index contributed by atoms with van der Waals surface area (Å²) in [6.45, 7) is 6.26. The summed E-state index contributed by atoms with van der Waals surface area (Å²) in [7, 11) is 0. The molecule has 0 amide bonds. The molecule has 0 spiro atoms. The van der Waals surface area contributed by atoms with Crippen LogP contribution >= 0.6 is 0 Å². The van der Waals surface area contributed by atoms with Gasteiger partial charge in [-0.25, -0.2) is 9.78 Å². The number of rotatable bonds is 9. The molecule has 132 valence electrons. The highest BCUT2D eigenvalue weighted by molar-refractivity contribution is 5.82. The van der Waals surface area contributed by atoms with Crippen LogP contribution in [0.3, 0.4) is 0 Å². The second-order valence-electron chi connectivity index (χ2n) is 7.61. The third-order valence-electron chi connectivity index (χ3n) is 5.61. The molecular formula is C20H34O3. The minimum Gasteiger partial charge on any atom is -0.299 e. The van der Waals surface area contributed by atoms with Crippen molar-refractivity contribution in [3.05, 3.63) is 12.2 Å². The van der Waals surface area contributed by atoms with Crippen LogP contribution in [0.2, 0.25) is 0 Å². The fraction of sp³-hybridized carbons (Fsp3) is 0.850. The minimum atomic E-state index is -0.437. The van der Waals surface area contributed by atoms with E-state index in [1.807, 2.05) is 6.92 Å². The number of hydrogen-bond acceptors (Lipinski definition) is 3. The number of unbranched alkanes of at least 4 members (excludes halogenated alkanes) is 7. The number of hydrogen-bond donors (Lipinski definition) is 0. The van der Waals surface area contributed by atoms with Gasteiger partial charge in [-0.05, 0) is 26.2 Å². The van der Waals surface area contributed by atoms with Crippen molar-refractivity contribution in [1.82, 2.24) is 0 Å². The van der Waals surface area contributed by atoms with E-state index in [0.717, 1.165) is 12.8 Å². The number of fused-ring (bicyclic) bond motifs is 2. The standard InChI is InChI=1S/C20H34O3/c1-4-5-6-7-8-9-10-11-12-13-20(3)17-14-18(21)16(2)19(15-17)22-23-20/h12-13,16-17,19H,4-11,14-15H2,1-3H3. The molecule has 1 saturated carbocycles. The summed E-state index contributed by atoms with van der Waals surface area (Å²) in [6, 6.07) is 0. The van der Waals surface area contributed by atoms with Crippen molar-refractivity contribution in [3.63, 3.8) is 0 Å². The molecule has 1 aliphatic carbocycles. The summed E-state index contributed by atoms with van der Waals surface area (Å²) in [5.74, 6) is 0.559. The molecule has 0 aromatic rings. The maximum absolute atomic E-state index is 12.1. The summed E-state index contributed by atoms with van der Waals surface area (Å²) in [6.07, 6.45) is 16.3. The second kappa shape index (κ2) is 8.98. The van der Waals surface area contributed by atoms with Gasteiger partial charge in [-0.3, -0.25) is 4.79 Å². The van der Waals surface area contributed by atoms with Crippen LogP contribution < -0.4 is 0 Å². The smallest absolute Gasteiger partial charge is 0.138 e. The maximum Gasteiger partial charge on any atom is 0.138 e. The zero-order chi connectivity index (χ0) is 16.7. The third kappa shape index (κ3) is 5.15. The highest BCUT2D eigenvalue weighted by atomic mass is 17.2. The van der Waals surface area contributed by atoms with Crippen molar-refractivity contribution in [2.75, 3.05) is 0 Å². The Bertz CT molecular complexity index is 404. The van der Waals surface area contributed by atoms with E-state index in [1.165, 1.54) is 44.9 Å². The van der Waals surface area contributed by atoms with E-state index in [1.54, 1.807) is 0 Å². The van der Waals surface area contributed by atoms with Crippen LogP contribution in [0.25, 0.3) is 0 Å². The van der Waals surface area contributed by atoms with Crippen LogP contribution in [-0.4, -0.2) is 17.5 Å². The molecule has 2 bridgehead atoms. The van der Waals surface area contributed by atoms with Crippen LogP contribution in [0.5, 0.6) is 0 Å². The maximum atomic E-state index is 12.1. The van der Waals surface area contributed by atoms with Crippen LogP contribution in [-0.2, 0) is 14.6 Å². The lowest BCUT2D eigenvalue weighted by Crippen LogP contribution is -2.52. The lowest BCUT2D eigenvalue weighted by atomic mass is 9.71. The molecule has 0 aromatic carbocycles. The van der Waals surface area contributed by atoms with Crippen LogP contribution in [0.1, 0.15) is 85.0 Å². The molecule has 1 aliphatic heterocycles. The Balaban J connectivity index is 1.69. The highest BCUT2D eigenvalue weighted by Crippen LogP contribution is 2.42. The van der Waals surface area contributed by atoms with Gasteiger partial charge in [0, 0.05) is 18.3 Å². The molecule has 0 N–H and O–H groups in total. The number of carbonyl (C=O) groups excluding carboxylic acids is 1. The summed E-state index contributed by atoms with van der Waals surface area (Å²) in [5, 5.41) is 0. The van der Waals surface area contributed by atoms with Gasteiger partial charge in [-0.2, -0.15) is 0 Å². The van der Waals surface area contributed by atoms with E-state index in [9.17, 15) is 4.79 Å². The lowest BCUT2D eigenvalue weighted by molar-refractivity contribution is -0.415. The van der Waals surface area contributed by atoms with E-state index in [2.05, 4.69) is 26.0 Å². The summed E-state index contributed by atoms with van der Waals surface area (Å²) < 4.78 is 0. The molecule has 0 radical (unpaired) electrons. The van der Waals surface area contributed by atoms with E-state index >= 15 is 0 Å². The molecule has 3 nitrogen and oxygen atoms in total. The Morgan fingerprint density at radius 3 is 2.61 bits per heavy atom. The van der Waals surface area contributed by atoms with E-state index in [-0.39, 0.29) is 17.9 Å². The molecule has 4 unspecified atom stereocenters. The Morgan fingerprint density at radius 2 is 1.87 bits per heavy atom. The molecule has 3 heteroatoms.